The highest BCUT2D eigenvalue weighted by Gasteiger charge is 2.24. The first kappa shape index (κ1) is 17.4. The lowest BCUT2D eigenvalue weighted by molar-refractivity contribution is -0.00800. The second kappa shape index (κ2) is 8.11. The van der Waals surface area contributed by atoms with Crippen LogP contribution in [0.4, 0.5) is 4.39 Å². The van der Waals surface area contributed by atoms with E-state index >= 15 is 0 Å². The summed E-state index contributed by atoms with van der Waals surface area (Å²) in [5.41, 5.74) is 2.17. The Morgan fingerprint density at radius 1 is 1.40 bits per heavy atom. The van der Waals surface area contributed by atoms with E-state index in [0.29, 0.717) is 6.61 Å². The van der Waals surface area contributed by atoms with Gasteiger partial charge in [0.05, 0.1) is 19.3 Å². The molecule has 0 aliphatic carbocycles. The molecule has 25 heavy (non-hydrogen) atoms. The molecule has 0 saturated carbocycles. The van der Waals surface area contributed by atoms with Gasteiger partial charge in [-0.2, -0.15) is 5.10 Å². The molecule has 1 fully saturated rings. The smallest absolute Gasteiger partial charge is 0.193 e. The monoisotopic (exact) mass is 345 g/mol. The number of rotatable bonds is 4. The van der Waals surface area contributed by atoms with Gasteiger partial charge in [-0.3, -0.25) is 9.67 Å². The fourth-order valence-electron chi connectivity index (χ4n) is 2.95. The van der Waals surface area contributed by atoms with E-state index in [4.69, 9.17) is 4.74 Å². The molecule has 2 heterocycles. The Kier molecular flexibility index (Phi) is 5.65. The Hall–Kier alpha value is -2.41. The Bertz CT molecular complexity index is 713. The molecule has 6 nitrogen and oxygen atoms in total. The number of morpholine rings is 1. The van der Waals surface area contributed by atoms with E-state index in [2.05, 4.69) is 20.3 Å². The maximum atomic E-state index is 13.0. The number of benzene rings is 1. The van der Waals surface area contributed by atoms with Gasteiger partial charge >= 0.3 is 0 Å². The molecule has 1 aromatic heterocycles. The van der Waals surface area contributed by atoms with Crippen molar-refractivity contribution >= 4 is 5.96 Å². The number of ether oxygens (including phenoxy) is 1. The Labute approximate surface area is 147 Å². The first-order valence-electron chi connectivity index (χ1n) is 8.46. The molecule has 7 heteroatoms. The van der Waals surface area contributed by atoms with Crippen molar-refractivity contribution in [2.45, 2.75) is 12.5 Å². The number of hydrogen-bond acceptors (Lipinski definition) is 3. The zero-order chi connectivity index (χ0) is 17.6. The maximum Gasteiger partial charge on any atom is 0.193 e. The van der Waals surface area contributed by atoms with E-state index in [0.717, 1.165) is 43.1 Å². The van der Waals surface area contributed by atoms with Crippen molar-refractivity contribution in [3.63, 3.8) is 0 Å². The van der Waals surface area contributed by atoms with Gasteiger partial charge in [0.25, 0.3) is 0 Å². The third kappa shape index (κ3) is 4.57. The molecular formula is C18H24FN5O. The fraction of sp³-hybridized carbons (Fsp3) is 0.444. The summed E-state index contributed by atoms with van der Waals surface area (Å²) in [5, 5.41) is 7.60. The van der Waals surface area contributed by atoms with Crippen LogP contribution in [0.15, 0.2) is 41.7 Å². The summed E-state index contributed by atoms with van der Waals surface area (Å²) >= 11 is 0. The van der Waals surface area contributed by atoms with E-state index in [1.807, 2.05) is 31.6 Å². The van der Waals surface area contributed by atoms with Gasteiger partial charge in [0.2, 0.25) is 0 Å². The van der Waals surface area contributed by atoms with Gasteiger partial charge in [-0.15, -0.1) is 0 Å². The van der Waals surface area contributed by atoms with Gasteiger partial charge in [0.1, 0.15) is 11.9 Å². The molecule has 3 rings (SSSR count). The first-order chi connectivity index (χ1) is 12.2. The van der Waals surface area contributed by atoms with Crippen LogP contribution < -0.4 is 5.32 Å². The van der Waals surface area contributed by atoms with Crippen LogP contribution in [-0.4, -0.2) is 53.9 Å². The summed E-state index contributed by atoms with van der Waals surface area (Å²) in [5.74, 6) is 0.654. The lowest BCUT2D eigenvalue weighted by Crippen LogP contribution is -2.48. The van der Waals surface area contributed by atoms with Gasteiger partial charge in [-0.25, -0.2) is 4.39 Å². The summed E-state index contributed by atoms with van der Waals surface area (Å²) in [6, 6.07) is 6.61. The van der Waals surface area contributed by atoms with Gasteiger partial charge in [0, 0.05) is 38.9 Å². The summed E-state index contributed by atoms with van der Waals surface area (Å²) in [6.45, 7) is 2.93. The number of aryl methyl sites for hydroxylation is 1. The van der Waals surface area contributed by atoms with Gasteiger partial charge in [0.15, 0.2) is 5.96 Å². The SMILES string of the molecule is CN=C(NCCc1ccc(F)cc1)N1CCOC(c2cnn(C)c2)C1. The van der Waals surface area contributed by atoms with E-state index in [-0.39, 0.29) is 11.9 Å². The topological polar surface area (TPSA) is 54.7 Å². The summed E-state index contributed by atoms with van der Waals surface area (Å²) in [6.07, 6.45) is 4.64. The van der Waals surface area contributed by atoms with Gasteiger partial charge < -0.3 is 15.0 Å². The zero-order valence-electron chi connectivity index (χ0n) is 14.7. The lowest BCUT2D eigenvalue weighted by atomic mass is 10.1. The van der Waals surface area contributed by atoms with Crippen molar-refractivity contribution in [1.82, 2.24) is 20.0 Å². The summed E-state index contributed by atoms with van der Waals surface area (Å²) in [7, 11) is 3.69. The van der Waals surface area contributed by atoms with E-state index in [1.165, 1.54) is 12.1 Å². The van der Waals surface area contributed by atoms with Crippen molar-refractivity contribution < 1.29 is 9.13 Å². The molecule has 1 atom stereocenters. The summed E-state index contributed by atoms with van der Waals surface area (Å²) in [4.78, 5) is 6.59. The minimum atomic E-state index is -0.206. The largest absolute Gasteiger partial charge is 0.370 e. The summed E-state index contributed by atoms with van der Waals surface area (Å²) < 4.78 is 20.6. The van der Waals surface area contributed by atoms with Crippen LogP contribution in [0.1, 0.15) is 17.2 Å². The molecule has 134 valence electrons. The van der Waals surface area contributed by atoms with Gasteiger partial charge in [-0.1, -0.05) is 12.1 Å². The molecule has 1 unspecified atom stereocenters. The van der Waals surface area contributed by atoms with E-state index in [9.17, 15) is 4.39 Å². The molecule has 1 aliphatic rings. The van der Waals surface area contributed by atoms with Crippen molar-refractivity contribution in [2.75, 3.05) is 33.3 Å². The predicted octanol–water partition coefficient (Wildman–Crippen LogP) is 1.75. The molecule has 1 saturated heterocycles. The fourth-order valence-corrected chi connectivity index (χ4v) is 2.95. The quantitative estimate of drug-likeness (QED) is 0.678. The van der Waals surface area contributed by atoms with E-state index in [1.54, 1.807) is 11.7 Å². The second-order valence-corrected chi connectivity index (χ2v) is 6.10. The number of aliphatic imine (C=N–C) groups is 1. The van der Waals surface area contributed by atoms with Crippen LogP contribution in [-0.2, 0) is 18.2 Å². The van der Waals surface area contributed by atoms with Crippen LogP contribution >= 0.6 is 0 Å². The van der Waals surface area contributed by atoms with Crippen LogP contribution in [0.25, 0.3) is 0 Å². The van der Waals surface area contributed by atoms with Crippen LogP contribution in [0.2, 0.25) is 0 Å². The highest BCUT2D eigenvalue weighted by Crippen LogP contribution is 2.21. The lowest BCUT2D eigenvalue weighted by Gasteiger charge is -2.34. The van der Waals surface area contributed by atoms with Crippen LogP contribution in [0.5, 0.6) is 0 Å². The Morgan fingerprint density at radius 3 is 2.88 bits per heavy atom. The van der Waals surface area contributed by atoms with Gasteiger partial charge in [-0.05, 0) is 24.1 Å². The third-order valence-corrected chi connectivity index (χ3v) is 4.28. The second-order valence-electron chi connectivity index (χ2n) is 6.10. The number of aromatic nitrogens is 2. The number of halogens is 1. The molecule has 0 spiro atoms. The predicted molar refractivity (Wildman–Crippen MR) is 94.9 cm³/mol. The van der Waals surface area contributed by atoms with Crippen LogP contribution in [0.3, 0.4) is 0 Å². The minimum absolute atomic E-state index is 0.00176. The molecule has 0 bridgehead atoms. The Morgan fingerprint density at radius 2 is 2.20 bits per heavy atom. The van der Waals surface area contributed by atoms with Crippen molar-refractivity contribution in [1.29, 1.82) is 0 Å². The van der Waals surface area contributed by atoms with Crippen molar-refractivity contribution in [3.8, 4) is 0 Å². The highest BCUT2D eigenvalue weighted by molar-refractivity contribution is 5.80. The van der Waals surface area contributed by atoms with Crippen molar-refractivity contribution in [2.24, 2.45) is 12.0 Å². The number of guanidine groups is 1. The zero-order valence-corrected chi connectivity index (χ0v) is 14.7. The Balaban J connectivity index is 1.54. The molecule has 1 aliphatic heterocycles. The molecule has 1 N–H and O–H groups in total. The number of nitrogens with zero attached hydrogens (tertiary/aromatic N) is 4. The number of nitrogens with one attached hydrogen (secondary N) is 1. The average Bonchev–Trinajstić information content (AvgIpc) is 3.07. The maximum absolute atomic E-state index is 13.0. The normalized spacial score (nSPS) is 18.4. The van der Waals surface area contributed by atoms with Crippen LogP contribution in [0, 0.1) is 5.82 Å². The molecule has 1 aromatic carbocycles. The van der Waals surface area contributed by atoms with E-state index < -0.39 is 0 Å². The first-order valence-corrected chi connectivity index (χ1v) is 8.46. The third-order valence-electron chi connectivity index (χ3n) is 4.28. The molecule has 0 amide bonds. The molecule has 2 aromatic rings. The molecule has 0 radical (unpaired) electrons. The number of hydrogen-bond donors (Lipinski definition) is 1. The standard InChI is InChI=1S/C18H24FN5O/c1-20-18(21-8-7-14-3-5-16(19)6-4-14)24-9-10-25-17(13-24)15-11-22-23(2)12-15/h3-6,11-12,17H,7-10,13H2,1-2H3,(H,20,21). The highest BCUT2D eigenvalue weighted by atomic mass is 19.1. The average molecular weight is 345 g/mol. The van der Waals surface area contributed by atoms with Crippen molar-refractivity contribution in [3.05, 3.63) is 53.6 Å². The molecular weight excluding hydrogens is 321 g/mol. The minimum Gasteiger partial charge on any atom is -0.370 e.